The summed E-state index contributed by atoms with van der Waals surface area (Å²) in [5, 5.41) is 0. The van der Waals surface area contributed by atoms with Gasteiger partial charge in [-0.2, -0.15) is 0 Å². The van der Waals surface area contributed by atoms with Gasteiger partial charge in [0.15, 0.2) is 21.5 Å². The van der Waals surface area contributed by atoms with Crippen LogP contribution in [0.3, 0.4) is 0 Å². The molecule has 0 spiro atoms. The van der Waals surface area contributed by atoms with E-state index in [2.05, 4.69) is 0 Å². The van der Waals surface area contributed by atoms with Crippen molar-refractivity contribution in [3.8, 4) is 0 Å². The van der Waals surface area contributed by atoms with Crippen molar-refractivity contribution in [3.05, 3.63) is 40.9 Å². The van der Waals surface area contributed by atoms with Gasteiger partial charge in [0.05, 0.1) is 0 Å². The van der Waals surface area contributed by atoms with Crippen molar-refractivity contribution in [2.24, 2.45) is 0 Å². The molecule has 1 radical (unpaired) electrons. The smallest absolute Gasteiger partial charge is 0.163 e. The van der Waals surface area contributed by atoms with Crippen molar-refractivity contribution in [1.29, 1.82) is 0 Å². The third kappa shape index (κ3) is 2.73. The molecular formula is C8H6F3O2S. The Balaban J connectivity index is 3.22. The molecule has 0 N–H and O–H groups in total. The molecule has 0 heterocycles. The average molecular weight is 223 g/mol. The third-order valence-corrected chi connectivity index (χ3v) is 2.04. The van der Waals surface area contributed by atoms with Gasteiger partial charge in [-0.15, -0.1) is 0 Å². The van der Waals surface area contributed by atoms with E-state index in [4.69, 9.17) is 0 Å². The zero-order valence-corrected chi connectivity index (χ0v) is 7.91. The molecule has 14 heavy (non-hydrogen) atoms. The maximum atomic E-state index is 12.9. The molecule has 0 aliphatic heterocycles. The second-order valence-corrected chi connectivity index (χ2v) is 4.63. The lowest BCUT2D eigenvalue weighted by molar-refractivity contribution is 0.491. The Morgan fingerprint density at radius 2 is 1.79 bits per heavy atom. The highest BCUT2D eigenvalue weighted by molar-refractivity contribution is 7.92. The summed E-state index contributed by atoms with van der Waals surface area (Å²) in [6.07, 6.45) is 0.801. The van der Waals surface area contributed by atoms with Crippen LogP contribution in [0.5, 0.6) is 0 Å². The first-order valence-electron chi connectivity index (χ1n) is 3.49. The van der Waals surface area contributed by atoms with Crippen molar-refractivity contribution in [1.82, 2.24) is 0 Å². The highest BCUT2D eigenvalue weighted by Crippen LogP contribution is 2.17. The van der Waals surface area contributed by atoms with Crippen LogP contribution in [0.25, 0.3) is 0 Å². The summed E-state index contributed by atoms with van der Waals surface area (Å²) in [6.45, 7) is 0. The Morgan fingerprint density at radius 3 is 2.29 bits per heavy atom. The summed E-state index contributed by atoms with van der Waals surface area (Å²) in [4.78, 5) is 0. The lowest BCUT2D eigenvalue weighted by Gasteiger charge is -2.02. The van der Waals surface area contributed by atoms with Crippen LogP contribution in [0.4, 0.5) is 13.2 Å². The predicted molar refractivity (Wildman–Crippen MR) is 44.6 cm³/mol. The fourth-order valence-corrected chi connectivity index (χ4v) is 1.53. The molecule has 6 heteroatoms. The van der Waals surface area contributed by atoms with Crippen molar-refractivity contribution < 1.29 is 21.6 Å². The molecule has 0 saturated carbocycles. The number of benzene rings is 1. The van der Waals surface area contributed by atoms with E-state index in [0.717, 1.165) is 6.26 Å². The van der Waals surface area contributed by atoms with Crippen molar-refractivity contribution in [3.63, 3.8) is 0 Å². The van der Waals surface area contributed by atoms with E-state index in [0.29, 0.717) is 17.9 Å². The number of sulfone groups is 1. The molecule has 0 atom stereocenters. The van der Waals surface area contributed by atoms with Gasteiger partial charge in [-0.05, 0) is 6.07 Å². The van der Waals surface area contributed by atoms with Gasteiger partial charge in [0, 0.05) is 17.9 Å². The van der Waals surface area contributed by atoms with Crippen LogP contribution >= 0.6 is 0 Å². The van der Waals surface area contributed by atoms with E-state index < -0.39 is 32.9 Å². The van der Waals surface area contributed by atoms with E-state index >= 15 is 0 Å². The minimum Gasteiger partial charge on any atom is -0.228 e. The quantitative estimate of drug-likeness (QED) is 0.714. The minimum atomic E-state index is -3.63. The number of rotatable bonds is 2. The van der Waals surface area contributed by atoms with Crippen molar-refractivity contribution in [2.75, 3.05) is 6.26 Å². The molecule has 0 aliphatic carbocycles. The molecular weight excluding hydrogens is 217 g/mol. The van der Waals surface area contributed by atoms with E-state index in [1.165, 1.54) is 0 Å². The lowest BCUT2D eigenvalue weighted by atomic mass is 10.2. The highest BCUT2D eigenvalue weighted by atomic mass is 32.2. The molecule has 1 aromatic rings. The zero-order chi connectivity index (χ0) is 10.9. The average Bonchev–Trinajstić information content (AvgIpc) is 1.96. The van der Waals surface area contributed by atoms with Crippen LogP contribution < -0.4 is 0 Å². The van der Waals surface area contributed by atoms with Gasteiger partial charge in [-0.1, -0.05) is 0 Å². The van der Waals surface area contributed by atoms with Crippen LogP contribution in [0.15, 0.2) is 12.1 Å². The SMILES string of the molecule is CS(=O)(=O)[CH]c1cc(F)cc(F)c1F. The van der Waals surface area contributed by atoms with Crippen LogP contribution in [-0.2, 0) is 9.84 Å². The van der Waals surface area contributed by atoms with Gasteiger partial charge in [0.2, 0.25) is 0 Å². The Kier molecular flexibility index (Phi) is 2.84. The standard InChI is InChI=1S/C8H6F3O2S/c1-14(12,13)4-5-2-6(9)3-7(10)8(5)11/h2-4H,1H3. The van der Waals surface area contributed by atoms with Crippen molar-refractivity contribution in [2.45, 2.75) is 0 Å². The Morgan fingerprint density at radius 1 is 1.21 bits per heavy atom. The minimum absolute atomic E-state index is 0.342. The molecule has 0 saturated heterocycles. The molecule has 0 aliphatic rings. The molecule has 0 bridgehead atoms. The fourth-order valence-electron chi connectivity index (χ4n) is 0.892. The summed E-state index contributed by atoms with van der Waals surface area (Å²) in [5.74, 6) is -3.36. The Bertz CT molecular complexity index is 454. The van der Waals surface area contributed by atoms with Crippen LogP contribution in [0.2, 0.25) is 0 Å². The fraction of sp³-hybridized carbons (Fsp3) is 0.125. The number of halogens is 3. The van der Waals surface area contributed by atoms with Gasteiger partial charge in [0.1, 0.15) is 11.6 Å². The van der Waals surface area contributed by atoms with Gasteiger partial charge in [0.25, 0.3) is 0 Å². The molecule has 2 nitrogen and oxygen atoms in total. The highest BCUT2D eigenvalue weighted by Gasteiger charge is 2.15. The molecule has 0 amide bonds. The summed E-state index contributed by atoms with van der Waals surface area (Å²) in [7, 11) is -3.63. The van der Waals surface area contributed by atoms with Gasteiger partial charge < -0.3 is 0 Å². The summed E-state index contributed by atoms with van der Waals surface area (Å²) < 4.78 is 59.4. The number of hydrogen-bond acceptors (Lipinski definition) is 2. The lowest BCUT2D eigenvalue weighted by Crippen LogP contribution is -2.02. The summed E-state index contributed by atoms with van der Waals surface area (Å²) in [6, 6.07) is 0.953. The molecule has 0 aromatic heterocycles. The van der Waals surface area contributed by atoms with E-state index in [1.807, 2.05) is 0 Å². The first kappa shape index (κ1) is 11.0. The van der Waals surface area contributed by atoms with Crippen LogP contribution in [0, 0.1) is 23.2 Å². The van der Waals surface area contributed by atoms with Gasteiger partial charge in [-0.25, -0.2) is 21.6 Å². The zero-order valence-electron chi connectivity index (χ0n) is 7.09. The Hall–Kier alpha value is -1.04. The topological polar surface area (TPSA) is 34.1 Å². The molecule has 0 unspecified atom stereocenters. The largest absolute Gasteiger partial charge is 0.228 e. The van der Waals surface area contributed by atoms with Gasteiger partial charge >= 0.3 is 0 Å². The van der Waals surface area contributed by atoms with E-state index in [1.54, 1.807) is 0 Å². The maximum Gasteiger partial charge on any atom is 0.163 e. The van der Waals surface area contributed by atoms with E-state index in [9.17, 15) is 21.6 Å². The third-order valence-electron chi connectivity index (χ3n) is 1.36. The summed E-state index contributed by atoms with van der Waals surface area (Å²) in [5.41, 5.74) is -0.620. The maximum absolute atomic E-state index is 12.9. The first-order chi connectivity index (χ1) is 6.29. The van der Waals surface area contributed by atoms with Crippen LogP contribution in [0.1, 0.15) is 5.56 Å². The molecule has 1 aromatic carbocycles. The second-order valence-electron chi connectivity index (χ2n) is 2.74. The monoisotopic (exact) mass is 223 g/mol. The predicted octanol–water partition coefficient (Wildman–Crippen LogP) is 1.66. The Labute approximate surface area is 79.3 Å². The molecule has 0 fully saturated rings. The molecule has 1 rings (SSSR count). The molecule has 77 valence electrons. The second kappa shape index (κ2) is 3.61. The summed E-state index contributed by atoms with van der Waals surface area (Å²) >= 11 is 0. The normalized spacial score (nSPS) is 11.7. The van der Waals surface area contributed by atoms with Crippen molar-refractivity contribution >= 4 is 9.84 Å². The van der Waals surface area contributed by atoms with Gasteiger partial charge in [-0.3, -0.25) is 0 Å². The number of hydrogen-bond donors (Lipinski definition) is 0. The van der Waals surface area contributed by atoms with E-state index in [-0.39, 0.29) is 0 Å². The first-order valence-corrected chi connectivity index (χ1v) is 5.44. The van der Waals surface area contributed by atoms with Crippen LogP contribution in [-0.4, -0.2) is 14.7 Å².